The molecule has 0 spiro atoms. The van der Waals surface area contributed by atoms with E-state index in [1.165, 1.54) is 0 Å². The summed E-state index contributed by atoms with van der Waals surface area (Å²) in [5.41, 5.74) is 3.88. The summed E-state index contributed by atoms with van der Waals surface area (Å²) in [6.45, 7) is 0. The summed E-state index contributed by atoms with van der Waals surface area (Å²) in [5.74, 6) is 0. The van der Waals surface area contributed by atoms with Crippen molar-refractivity contribution < 1.29 is 0 Å². The highest BCUT2D eigenvalue weighted by Crippen LogP contribution is 2.38. The van der Waals surface area contributed by atoms with Gasteiger partial charge in [0.15, 0.2) is 0 Å². The lowest BCUT2D eigenvalue weighted by molar-refractivity contribution is 1.23. The van der Waals surface area contributed by atoms with Crippen molar-refractivity contribution in [1.29, 1.82) is 0 Å². The minimum atomic E-state index is 0.263. The number of benzene rings is 1. The zero-order chi connectivity index (χ0) is 13.7. The lowest BCUT2D eigenvalue weighted by Crippen LogP contribution is -1.89. The van der Waals surface area contributed by atoms with Gasteiger partial charge in [-0.3, -0.25) is 0 Å². The first-order chi connectivity index (χ1) is 9.74. The van der Waals surface area contributed by atoms with Crippen LogP contribution in [0.25, 0.3) is 32.4 Å². The van der Waals surface area contributed by atoms with E-state index in [1.54, 1.807) is 11.3 Å². The number of H-pyrrole nitrogens is 1. The SMILES string of the molecule is Clc1nc(-c2cccc3[nH]ccc23)c2scc(Br)c2n1. The number of fused-ring (bicyclic) bond motifs is 2. The minimum absolute atomic E-state index is 0.263. The van der Waals surface area contributed by atoms with E-state index in [0.717, 1.165) is 36.8 Å². The molecule has 0 aliphatic carbocycles. The Morgan fingerprint density at radius 3 is 3.00 bits per heavy atom. The zero-order valence-corrected chi connectivity index (χ0v) is 13.2. The monoisotopic (exact) mass is 363 g/mol. The van der Waals surface area contributed by atoms with Crippen molar-refractivity contribution in [2.75, 3.05) is 0 Å². The molecule has 6 heteroatoms. The van der Waals surface area contributed by atoms with Crippen molar-refractivity contribution in [1.82, 2.24) is 15.0 Å². The lowest BCUT2D eigenvalue weighted by Gasteiger charge is -2.05. The Kier molecular flexibility index (Phi) is 2.80. The number of halogens is 2. The Bertz CT molecular complexity index is 944. The molecule has 0 atom stereocenters. The van der Waals surface area contributed by atoms with Crippen molar-refractivity contribution in [2.24, 2.45) is 0 Å². The number of nitrogens with zero attached hydrogens (tertiary/aromatic N) is 2. The van der Waals surface area contributed by atoms with E-state index >= 15 is 0 Å². The summed E-state index contributed by atoms with van der Waals surface area (Å²) in [4.78, 5) is 12.0. The summed E-state index contributed by atoms with van der Waals surface area (Å²) >= 11 is 11.2. The molecule has 0 radical (unpaired) electrons. The van der Waals surface area contributed by atoms with Crippen molar-refractivity contribution in [3.63, 3.8) is 0 Å². The average Bonchev–Trinajstić information content (AvgIpc) is 3.05. The molecule has 3 nitrogen and oxygen atoms in total. The Labute approximate surface area is 131 Å². The molecule has 4 aromatic rings. The van der Waals surface area contributed by atoms with Crippen LogP contribution in [0.3, 0.4) is 0 Å². The molecule has 4 rings (SSSR count). The number of hydrogen-bond acceptors (Lipinski definition) is 3. The van der Waals surface area contributed by atoms with Crippen LogP contribution in [-0.2, 0) is 0 Å². The molecule has 3 aromatic heterocycles. The van der Waals surface area contributed by atoms with Gasteiger partial charge < -0.3 is 4.98 Å². The molecule has 3 heterocycles. The number of hydrogen-bond donors (Lipinski definition) is 1. The fraction of sp³-hybridized carbons (Fsp3) is 0. The molecule has 1 aromatic carbocycles. The van der Waals surface area contributed by atoms with Gasteiger partial charge in [-0.1, -0.05) is 12.1 Å². The third-order valence-electron chi connectivity index (χ3n) is 3.19. The molecule has 0 saturated heterocycles. The molecule has 98 valence electrons. The van der Waals surface area contributed by atoms with Gasteiger partial charge >= 0.3 is 0 Å². The molecular formula is C14H7BrClN3S. The molecule has 1 N–H and O–H groups in total. The van der Waals surface area contributed by atoms with Crippen LogP contribution in [0, 0.1) is 0 Å². The van der Waals surface area contributed by atoms with Gasteiger partial charge in [0.25, 0.3) is 0 Å². The summed E-state index contributed by atoms with van der Waals surface area (Å²) in [5, 5.41) is 3.41. The molecular weight excluding hydrogens is 358 g/mol. The van der Waals surface area contributed by atoms with Gasteiger partial charge in [-0.05, 0) is 39.7 Å². The third-order valence-corrected chi connectivity index (χ3v) is 5.25. The molecule has 0 unspecified atom stereocenters. The van der Waals surface area contributed by atoms with Crippen molar-refractivity contribution in [2.45, 2.75) is 0 Å². The quantitative estimate of drug-likeness (QED) is 0.468. The molecule has 0 aliphatic rings. The maximum Gasteiger partial charge on any atom is 0.223 e. The van der Waals surface area contributed by atoms with E-state index in [1.807, 2.05) is 23.7 Å². The van der Waals surface area contributed by atoms with Crippen LogP contribution in [0.4, 0.5) is 0 Å². The summed E-state index contributed by atoms with van der Waals surface area (Å²) in [6, 6.07) is 8.17. The molecule has 0 amide bonds. The van der Waals surface area contributed by atoms with Crippen LogP contribution >= 0.6 is 38.9 Å². The van der Waals surface area contributed by atoms with Gasteiger partial charge in [-0.15, -0.1) is 11.3 Å². The normalized spacial score (nSPS) is 11.5. The van der Waals surface area contributed by atoms with E-state index in [4.69, 9.17) is 11.6 Å². The Balaban J connectivity index is 2.14. The topological polar surface area (TPSA) is 41.6 Å². The van der Waals surface area contributed by atoms with Crippen LogP contribution in [-0.4, -0.2) is 15.0 Å². The largest absolute Gasteiger partial charge is 0.361 e. The zero-order valence-electron chi connectivity index (χ0n) is 10.0. The summed E-state index contributed by atoms with van der Waals surface area (Å²) in [7, 11) is 0. The van der Waals surface area contributed by atoms with Crippen molar-refractivity contribution >= 4 is 60.0 Å². The van der Waals surface area contributed by atoms with E-state index in [2.05, 4.69) is 43.0 Å². The fourth-order valence-electron chi connectivity index (χ4n) is 2.34. The number of aromatic nitrogens is 3. The highest BCUT2D eigenvalue weighted by Gasteiger charge is 2.15. The molecule has 0 saturated carbocycles. The predicted molar refractivity (Wildman–Crippen MR) is 87.4 cm³/mol. The van der Waals surface area contributed by atoms with Crippen LogP contribution in [0.5, 0.6) is 0 Å². The van der Waals surface area contributed by atoms with Gasteiger partial charge in [0.05, 0.1) is 14.9 Å². The first kappa shape index (κ1) is 12.3. The van der Waals surface area contributed by atoms with Gasteiger partial charge in [0.2, 0.25) is 5.28 Å². The highest BCUT2D eigenvalue weighted by atomic mass is 79.9. The van der Waals surface area contributed by atoms with Gasteiger partial charge in [-0.25, -0.2) is 9.97 Å². The van der Waals surface area contributed by atoms with Crippen LogP contribution in [0.1, 0.15) is 0 Å². The third kappa shape index (κ3) is 1.78. The van der Waals surface area contributed by atoms with Crippen LogP contribution in [0.15, 0.2) is 40.3 Å². The average molecular weight is 365 g/mol. The number of rotatable bonds is 1. The minimum Gasteiger partial charge on any atom is -0.361 e. The van der Waals surface area contributed by atoms with Crippen molar-refractivity contribution in [3.8, 4) is 11.3 Å². The first-order valence-corrected chi connectivity index (χ1v) is 7.96. The lowest BCUT2D eigenvalue weighted by atomic mass is 10.1. The standard InChI is InChI=1S/C14H7BrClN3S/c15-9-6-20-13-11(18-14(16)19-12(9)13)8-2-1-3-10-7(8)4-5-17-10/h1-6,17H. The Hall–Kier alpha value is -1.43. The van der Waals surface area contributed by atoms with Crippen molar-refractivity contribution in [3.05, 3.63) is 45.6 Å². The Morgan fingerprint density at radius 1 is 1.20 bits per heavy atom. The van der Waals surface area contributed by atoms with E-state index in [0.29, 0.717) is 0 Å². The number of thiophene rings is 1. The highest BCUT2D eigenvalue weighted by molar-refractivity contribution is 9.10. The van der Waals surface area contributed by atoms with Crippen LogP contribution < -0.4 is 0 Å². The summed E-state index contributed by atoms with van der Waals surface area (Å²) < 4.78 is 1.99. The van der Waals surface area contributed by atoms with Gasteiger partial charge in [0, 0.05) is 28.0 Å². The van der Waals surface area contributed by atoms with Crippen LogP contribution in [0.2, 0.25) is 5.28 Å². The van der Waals surface area contributed by atoms with Gasteiger partial charge in [0.1, 0.15) is 5.52 Å². The smallest absolute Gasteiger partial charge is 0.223 e. The first-order valence-electron chi connectivity index (χ1n) is 5.91. The predicted octanol–water partition coefficient (Wildman–Crippen LogP) is 5.26. The molecule has 0 fully saturated rings. The van der Waals surface area contributed by atoms with E-state index in [-0.39, 0.29) is 5.28 Å². The maximum atomic E-state index is 6.08. The van der Waals surface area contributed by atoms with E-state index < -0.39 is 0 Å². The second-order valence-corrected chi connectivity index (χ2v) is 6.42. The number of aromatic amines is 1. The number of nitrogens with one attached hydrogen (secondary N) is 1. The fourth-order valence-corrected chi connectivity index (χ4v) is 4.07. The van der Waals surface area contributed by atoms with E-state index in [9.17, 15) is 0 Å². The molecule has 0 bridgehead atoms. The summed E-state index contributed by atoms with van der Waals surface area (Å²) in [6.07, 6.45) is 1.93. The molecule has 0 aliphatic heterocycles. The molecule has 20 heavy (non-hydrogen) atoms. The van der Waals surface area contributed by atoms with Gasteiger partial charge in [-0.2, -0.15) is 0 Å². The Morgan fingerprint density at radius 2 is 2.10 bits per heavy atom. The maximum absolute atomic E-state index is 6.08. The second kappa shape index (κ2) is 4.55. The second-order valence-electron chi connectivity index (χ2n) is 4.35.